The zero-order valence-electron chi connectivity index (χ0n) is 20.0. The fraction of sp³-hybridized carbons (Fsp3) is 0.231. The molecule has 198 valence electrons. The van der Waals surface area contributed by atoms with Crippen molar-refractivity contribution in [3.63, 3.8) is 0 Å². The van der Waals surface area contributed by atoms with Crippen LogP contribution in [0.25, 0.3) is 0 Å². The van der Waals surface area contributed by atoms with E-state index >= 15 is 0 Å². The summed E-state index contributed by atoms with van der Waals surface area (Å²) >= 11 is 5.37. The zero-order chi connectivity index (χ0) is 27.3. The number of nitrogens with one attached hydrogen (secondary N) is 1. The maximum absolute atomic E-state index is 13.0. The lowest BCUT2D eigenvalue weighted by Crippen LogP contribution is -2.52. The van der Waals surface area contributed by atoms with Crippen molar-refractivity contribution in [3.05, 3.63) is 99.6 Å². The minimum Gasteiger partial charge on any atom is -0.489 e. The van der Waals surface area contributed by atoms with Crippen LogP contribution in [0.2, 0.25) is 0 Å². The van der Waals surface area contributed by atoms with Crippen LogP contribution in [-0.2, 0) is 12.8 Å². The number of carbonyl (C=O) groups is 1. The second-order valence-electron chi connectivity index (χ2n) is 8.49. The highest BCUT2D eigenvalue weighted by molar-refractivity contribution is 7.80. The number of nitro benzene ring substituents is 1. The number of thiocarbonyl (C=S) groups is 1. The number of hydrogen-bond donors (Lipinski definition) is 1. The lowest BCUT2D eigenvalue weighted by Gasteiger charge is -2.37. The lowest BCUT2D eigenvalue weighted by atomic mass is 10.1. The predicted octanol–water partition coefficient (Wildman–Crippen LogP) is 5.03. The van der Waals surface area contributed by atoms with Crippen LogP contribution in [0.15, 0.2) is 72.8 Å². The number of halogens is 3. The predicted molar refractivity (Wildman–Crippen MR) is 139 cm³/mol. The molecule has 8 nitrogen and oxygen atoms in total. The van der Waals surface area contributed by atoms with Crippen LogP contribution in [0.5, 0.6) is 5.75 Å². The van der Waals surface area contributed by atoms with Gasteiger partial charge in [0.25, 0.3) is 11.6 Å². The molecule has 1 amide bonds. The van der Waals surface area contributed by atoms with E-state index in [0.717, 1.165) is 17.7 Å². The van der Waals surface area contributed by atoms with Crippen molar-refractivity contribution in [1.82, 2.24) is 10.2 Å². The van der Waals surface area contributed by atoms with Gasteiger partial charge in [0.15, 0.2) is 5.11 Å². The maximum Gasteiger partial charge on any atom is 0.416 e. The summed E-state index contributed by atoms with van der Waals surface area (Å²) in [7, 11) is 0. The number of alkyl halides is 3. The van der Waals surface area contributed by atoms with Gasteiger partial charge in [0, 0.05) is 37.8 Å². The van der Waals surface area contributed by atoms with Crippen molar-refractivity contribution >= 4 is 34.6 Å². The topological polar surface area (TPSA) is 88.0 Å². The molecular weight excluding hydrogens is 521 g/mol. The average molecular weight is 545 g/mol. The van der Waals surface area contributed by atoms with Gasteiger partial charge in [0.05, 0.1) is 10.5 Å². The van der Waals surface area contributed by atoms with Crippen molar-refractivity contribution in [1.29, 1.82) is 0 Å². The first kappa shape index (κ1) is 26.9. The van der Waals surface area contributed by atoms with Gasteiger partial charge in [0.1, 0.15) is 18.0 Å². The van der Waals surface area contributed by atoms with E-state index in [9.17, 15) is 28.1 Å². The molecule has 0 unspecified atom stereocenters. The van der Waals surface area contributed by atoms with Crippen LogP contribution >= 0.6 is 12.2 Å². The molecule has 1 aliphatic rings. The summed E-state index contributed by atoms with van der Waals surface area (Å²) < 4.78 is 44.7. The van der Waals surface area contributed by atoms with Crippen molar-refractivity contribution in [2.45, 2.75) is 12.8 Å². The van der Waals surface area contributed by atoms with Crippen LogP contribution in [0, 0.1) is 10.1 Å². The standard InChI is InChI=1S/C26H23F3N4O4S/c27-26(28,29)20-8-11-22(23(16-20)33(35)36)31-12-14-32(15-13-31)25(38)30-24(34)19-6-9-21(10-7-19)37-17-18-4-2-1-3-5-18/h1-11,16H,12-15,17H2,(H,30,34,38). The Morgan fingerprint density at radius 2 is 1.66 bits per heavy atom. The van der Waals surface area contributed by atoms with Gasteiger partial charge in [-0.05, 0) is 54.2 Å². The number of rotatable bonds is 6. The minimum absolute atomic E-state index is 0.104. The van der Waals surface area contributed by atoms with Gasteiger partial charge in [-0.25, -0.2) is 0 Å². The van der Waals surface area contributed by atoms with E-state index < -0.39 is 28.3 Å². The van der Waals surface area contributed by atoms with Crippen molar-refractivity contribution < 1.29 is 27.6 Å². The molecule has 0 atom stereocenters. The zero-order valence-corrected chi connectivity index (χ0v) is 20.8. The largest absolute Gasteiger partial charge is 0.489 e. The third-order valence-electron chi connectivity index (χ3n) is 5.99. The first-order valence-corrected chi connectivity index (χ1v) is 12.0. The van der Waals surface area contributed by atoms with Crippen molar-refractivity contribution in [2.24, 2.45) is 0 Å². The van der Waals surface area contributed by atoms with Gasteiger partial charge in [-0.2, -0.15) is 13.2 Å². The van der Waals surface area contributed by atoms with Gasteiger partial charge in [0.2, 0.25) is 0 Å². The van der Waals surface area contributed by atoms with E-state index in [2.05, 4.69) is 5.32 Å². The van der Waals surface area contributed by atoms with Gasteiger partial charge in [-0.3, -0.25) is 20.2 Å². The number of piperazine rings is 1. The number of carbonyl (C=O) groups excluding carboxylic acids is 1. The molecule has 0 aliphatic carbocycles. The van der Waals surface area contributed by atoms with Crippen LogP contribution in [0.1, 0.15) is 21.5 Å². The summed E-state index contributed by atoms with van der Waals surface area (Å²) in [5.41, 5.74) is -0.176. The summed E-state index contributed by atoms with van der Waals surface area (Å²) in [6.45, 7) is 1.59. The normalized spacial score (nSPS) is 13.7. The fourth-order valence-electron chi connectivity index (χ4n) is 3.96. The van der Waals surface area contributed by atoms with E-state index in [4.69, 9.17) is 17.0 Å². The van der Waals surface area contributed by atoms with Gasteiger partial charge >= 0.3 is 6.18 Å². The Morgan fingerprint density at radius 1 is 1.00 bits per heavy atom. The molecule has 1 fully saturated rings. The molecule has 0 bridgehead atoms. The van der Waals surface area contributed by atoms with Crippen LogP contribution < -0.4 is 15.0 Å². The molecule has 3 aromatic rings. The van der Waals surface area contributed by atoms with Gasteiger partial charge in [-0.1, -0.05) is 30.3 Å². The lowest BCUT2D eigenvalue weighted by molar-refractivity contribution is -0.384. The van der Waals surface area contributed by atoms with Gasteiger partial charge < -0.3 is 14.5 Å². The molecule has 38 heavy (non-hydrogen) atoms. The Bertz CT molecular complexity index is 1310. The first-order chi connectivity index (χ1) is 18.1. The number of benzene rings is 3. The molecule has 1 heterocycles. The Morgan fingerprint density at radius 3 is 2.26 bits per heavy atom. The molecule has 0 spiro atoms. The number of hydrogen-bond acceptors (Lipinski definition) is 6. The highest BCUT2D eigenvalue weighted by atomic mass is 32.1. The highest BCUT2D eigenvalue weighted by Crippen LogP contribution is 2.36. The molecular formula is C26H23F3N4O4S. The number of nitrogens with zero attached hydrogens (tertiary/aromatic N) is 3. The van der Waals surface area contributed by atoms with Crippen molar-refractivity contribution in [3.8, 4) is 5.75 Å². The quantitative estimate of drug-likeness (QED) is 0.265. The van der Waals surface area contributed by atoms with E-state index in [0.29, 0.717) is 37.1 Å². The molecule has 4 rings (SSSR count). The second-order valence-corrected chi connectivity index (χ2v) is 8.88. The fourth-order valence-corrected chi connectivity index (χ4v) is 4.23. The van der Waals surface area contributed by atoms with Crippen LogP contribution in [0.3, 0.4) is 0 Å². The molecule has 0 aromatic heterocycles. The van der Waals surface area contributed by atoms with Gasteiger partial charge in [-0.15, -0.1) is 0 Å². The SMILES string of the molecule is O=C(NC(=S)N1CCN(c2ccc(C(F)(F)F)cc2[N+](=O)[O-])CC1)c1ccc(OCc2ccccc2)cc1. The summed E-state index contributed by atoms with van der Waals surface area (Å²) in [4.78, 5) is 26.6. The van der Waals surface area contributed by atoms with E-state index in [1.165, 1.54) is 0 Å². The van der Waals surface area contributed by atoms with Crippen LogP contribution in [-0.4, -0.2) is 47.0 Å². The number of anilines is 1. The number of ether oxygens (including phenoxy) is 1. The Balaban J connectivity index is 1.31. The average Bonchev–Trinajstić information content (AvgIpc) is 2.92. The Labute approximate surface area is 221 Å². The Kier molecular flexibility index (Phi) is 8.10. The summed E-state index contributed by atoms with van der Waals surface area (Å²) in [6.07, 6.45) is -4.68. The highest BCUT2D eigenvalue weighted by Gasteiger charge is 2.34. The second kappa shape index (κ2) is 11.5. The summed E-state index contributed by atoms with van der Waals surface area (Å²) in [6, 6.07) is 18.8. The van der Waals surface area contributed by atoms with E-state index in [1.807, 2.05) is 30.3 Å². The Hall–Kier alpha value is -4.19. The molecule has 1 saturated heterocycles. The monoisotopic (exact) mass is 544 g/mol. The maximum atomic E-state index is 13.0. The minimum atomic E-state index is -4.68. The first-order valence-electron chi connectivity index (χ1n) is 11.6. The third-order valence-corrected chi connectivity index (χ3v) is 6.35. The van der Waals surface area contributed by atoms with Crippen molar-refractivity contribution in [2.75, 3.05) is 31.1 Å². The summed E-state index contributed by atoms with van der Waals surface area (Å²) in [5, 5.41) is 14.3. The summed E-state index contributed by atoms with van der Waals surface area (Å²) in [5.74, 6) is 0.215. The molecule has 0 saturated carbocycles. The number of amides is 1. The van der Waals surface area contributed by atoms with Crippen LogP contribution in [0.4, 0.5) is 24.5 Å². The molecule has 1 N–H and O–H groups in total. The molecule has 1 aliphatic heterocycles. The third kappa shape index (κ3) is 6.57. The smallest absolute Gasteiger partial charge is 0.416 e. The molecule has 3 aromatic carbocycles. The van der Waals surface area contributed by atoms with E-state index in [1.54, 1.807) is 34.1 Å². The van der Waals surface area contributed by atoms with E-state index in [-0.39, 0.29) is 23.9 Å². The number of nitro groups is 1. The molecule has 0 radical (unpaired) electrons. The molecule has 12 heteroatoms.